The van der Waals surface area contributed by atoms with E-state index in [1.165, 1.54) is 29.5 Å². The lowest BCUT2D eigenvalue weighted by molar-refractivity contribution is -0.675. The van der Waals surface area contributed by atoms with E-state index in [0.717, 1.165) is 28.4 Å². The minimum Gasteiger partial charge on any atom is -0.504 e. The number of oxime groups is 1. The number of nitrogens with zero attached hydrogens (tertiary/aromatic N) is 5. The molecule has 2 unspecified atom stereocenters. The van der Waals surface area contributed by atoms with Crippen LogP contribution in [0.1, 0.15) is 22.9 Å². The molecule has 0 bridgehead atoms. The number of aliphatic carboxylic acids is 2. The number of aromatic nitrogens is 3. The minimum absolute atomic E-state index is 0.0539. The average molecular weight is 699 g/mol. The number of β-lactam (4-membered cyclic amide) rings is 1. The van der Waals surface area contributed by atoms with E-state index in [1.54, 1.807) is 23.6 Å². The molecule has 1 aromatic carbocycles. The summed E-state index contributed by atoms with van der Waals surface area (Å²) in [4.78, 5) is 65.3. The number of nitrogens with two attached hydrogens (primary N) is 3. The summed E-state index contributed by atoms with van der Waals surface area (Å²) in [6.45, 7) is 1.97. The maximum absolute atomic E-state index is 13.5. The zero-order chi connectivity index (χ0) is 34.9. The number of nitrogens with one attached hydrogen (secondary N) is 1. The Bertz CT molecular complexity index is 1930. The molecule has 1 saturated heterocycles. The van der Waals surface area contributed by atoms with E-state index in [0.29, 0.717) is 17.0 Å². The molecule has 2 amide bonds. The molecule has 2 aliphatic rings. The van der Waals surface area contributed by atoms with Gasteiger partial charge in [-0.15, -0.1) is 23.1 Å². The van der Waals surface area contributed by atoms with Gasteiger partial charge in [0.1, 0.15) is 22.8 Å². The van der Waals surface area contributed by atoms with Crippen molar-refractivity contribution >= 4 is 69.3 Å². The van der Waals surface area contributed by atoms with Crippen molar-refractivity contribution in [2.24, 2.45) is 5.16 Å². The third-order valence-electron chi connectivity index (χ3n) is 7.28. The number of rotatable bonds is 11. The number of carboxylic acids is 2. The molecule has 18 nitrogen and oxygen atoms in total. The van der Waals surface area contributed by atoms with E-state index in [1.807, 2.05) is 0 Å². The van der Waals surface area contributed by atoms with Gasteiger partial charge in [0, 0.05) is 16.7 Å². The number of amides is 2. The monoisotopic (exact) mass is 698 g/mol. The van der Waals surface area contributed by atoms with Crippen molar-refractivity contribution < 1.29 is 49.0 Å². The second kappa shape index (κ2) is 13.5. The first-order valence-corrected chi connectivity index (χ1v) is 15.7. The Morgan fingerprint density at radius 3 is 2.62 bits per heavy atom. The Hall–Kier alpha value is -5.89. The SMILES string of the molecule is Cc1c(N)nc[n+](C/C=C/C2=C(C(=O)O)N3C(=O)C(NC(=O)/C(=N\OC(C(=O)O)c4ccc(O)c(O)c4)c4csc(N)n4)[C@H]3SC2)c1N. The molecular formula is C28H28N9O9S2+. The van der Waals surface area contributed by atoms with E-state index >= 15 is 0 Å². The van der Waals surface area contributed by atoms with Gasteiger partial charge in [0.05, 0.1) is 12.1 Å². The quantitative estimate of drug-likeness (QED) is 0.0424. The van der Waals surface area contributed by atoms with Crippen molar-refractivity contribution in [3.05, 3.63) is 70.1 Å². The molecule has 11 N–H and O–H groups in total. The molecule has 3 atom stereocenters. The summed E-state index contributed by atoms with van der Waals surface area (Å²) in [5, 5.41) is 46.0. The van der Waals surface area contributed by atoms with Crippen LogP contribution in [0.4, 0.5) is 16.8 Å². The molecule has 1 fully saturated rings. The first-order valence-electron chi connectivity index (χ1n) is 13.8. The van der Waals surface area contributed by atoms with Crippen molar-refractivity contribution in [1.29, 1.82) is 0 Å². The predicted octanol–water partition coefficient (Wildman–Crippen LogP) is -0.167. The van der Waals surface area contributed by atoms with Crippen molar-refractivity contribution in [3.8, 4) is 11.5 Å². The first-order chi connectivity index (χ1) is 22.8. The summed E-state index contributed by atoms with van der Waals surface area (Å²) in [7, 11) is 0. The van der Waals surface area contributed by atoms with Gasteiger partial charge in [0.15, 0.2) is 22.3 Å². The third-order valence-corrected chi connectivity index (χ3v) is 9.25. The summed E-state index contributed by atoms with van der Waals surface area (Å²) in [5.74, 6) is -4.81. The lowest BCUT2D eigenvalue weighted by Gasteiger charge is -2.49. The van der Waals surface area contributed by atoms with Gasteiger partial charge >= 0.3 is 11.9 Å². The number of phenolic OH excluding ortho intramolecular Hbond substituents is 2. The Morgan fingerprint density at radius 1 is 1.23 bits per heavy atom. The van der Waals surface area contributed by atoms with Crippen LogP contribution in [0.3, 0.4) is 0 Å². The van der Waals surface area contributed by atoms with Crippen molar-refractivity contribution in [3.63, 3.8) is 0 Å². The van der Waals surface area contributed by atoms with Gasteiger partial charge in [-0.3, -0.25) is 14.5 Å². The van der Waals surface area contributed by atoms with Crippen LogP contribution in [0.15, 0.2) is 58.5 Å². The molecule has 2 aliphatic heterocycles. The molecule has 48 heavy (non-hydrogen) atoms. The lowest BCUT2D eigenvalue weighted by Crippen LogP contribution is -2.71. The fourth-order valence-electron chi connectivity index (χ4n) is 4.73. The molecule has 20 heteroatoms. The Balaban J connectivity index is 1.35. The molecule has 3 aromatic rings. The van der Waals surface area contributed by atoms with E-state index in [2.05, 4.69) is 20.4 Å². The van der Waals surface area contributed by atoms with Crippen LogP contribution in [-0.4, -0.2) is 81.9 Å². The van der Waals surface area contributed by atoms with Gasteiger partial charge in [-0.05, 0) is 24.6 Å². The number of allylic oxidation sites excluding steroid dienone is 2. The molecule has 0 spiro atoms. The number of hydrogen-bond donors (Lipinski definition) is 8. The Kier molecular flexibility index (Phi) is 9.38. The number of nitrogen functional groups attached to an aromatic ring is 3. The lowest BCUT2D eigenvalue weighted by atomic mass is 10.0. The van der Waals surface area contributed by atoms with E-state index < -0.39 is 58.5 Å². The highest BCUT2D eigenvalue weighted by Crippen LogP contribution is 2.40. The van der Waals surface area contributed by atoms with Crippen LogP contribution in [0.2, 0.25) is 0 Å². The van der Waals surface area contributed by atoms with Gasteiger partial charge in [-0.2, -0.15) is 0 Å². The standard InChI is InChI=1S/C28H27N9O9S2/c1-11-21(29)32-10-36(22(11)30)6-2-3-13-8-47-25-18(24(41)37(25)19(13)26(42)43)34-23(40)17(14-9-48-28(31)33-14)35-46-20(27(44)45)12-4-5-15(38)16(39)7-12/h2-5,7,9-10,18,20,25H,6,8H2,1H3,(H10,29,30,31,33,34,35,38,39,40,42,43,44,45)/p+1/b3-2+/t18?,20?,25-/m1/s1. The third kappa shape index (κ3) is 6.51. The number of thiazole rings is 1. The summed E-state index contributed by atoms with van der Waals surface area (Å²) in [5.41, 5.74) is 17.6. The highest BCUT2D eigenvalue weighted by molar-refractivity contribution is 8.00. The predicted molar refractivity (Wildman–Crippen MR) is 171 cm³/mol. The summed E-state index contributed by atoms with van der Waals surface area (Å²) in [6.07, 6.45) is 2.87. The van der Waals surface area contributed by atoms with Gasteiger partial charge < -0.3 is 47.8 Å². The van der Waals surface area contributed by atoms with Crippen LogP contribution < -0.4 is 27.1 Å². The molecule has 4 heterocycles. The smallest absolute Gasteiger partial charge is 0.352 e. The zero-order valence-corrected chi connectivity index (χ0v) is 26.4. The Labute approximate surface area is 278 Å². The average Bonchev–Trinajstić information content (AvgIpc) is 3.48. The fraction of sp³-hybridized carbons (Fsp3) is 0.214. The second-order valence-electron chi connectivity index (χ2n) is 10.3. The molecule has 0 saturated carbocycles. The maximum atomic E-state index is 13.5. The molecular weight excluding hydrogens is 670 g/mol. The van der Waals surface area contributed by atoms with Crippen molar-refractivity contribution in [2.75, 3.05) is 23.0 Å². The fourth-order valence-corrected chi connectivity index (χ4v) is 6.60. The van der Waals surface area contributed by atoms with Gasteiger partial charge in [-0.1, -0.05) is 28.4 Å². The summed E-state index contributed by atoms with van der Waals surface area (Å²) in [6, 6.07) is 2.00. The van der Waals surface area contributed by atoms with E-state index in [-0.39, 0.29) is 40.2 Å². The number of anilines is 3. The van der Waals surface area contributed by atoms with E-state index in [4.69, 9.17) is 22.0 Å². The van der Waals surface area contributed by atoms with Crippen LogP contribution in [0.5, 0.6) is 11.5 Å². The number of hydrogen-bond acceptors (Lipinski definition) is 15. The normalized spacial score (nSPS) is 18.3. The van der Waals surface area contributed by atoms with Crippen LogP contribution in [0, 0.1) is 6.92 Å². The number of thioether (sulfide) groups is 1. The minimum atomic E-state index is -1.82. The van der Waals surface area contributed by atoms with Crippen molar-refractivity contribution in [2.45, 2.75) is 31.0 Å². The molecule has 250 valence electrons. The zero-order valence-electron chi connectivity index (χ0n) is 24.8. The van der Waals surface area contributed by atoms with Gasteiger partial charge in [0.25, 0.3) is 11.8 Å². The van der Waals surface area contributed by atoms with Crippen LogP contribution in [-0.2, 0) is 30.6 Å². The number of aromatic hydroxyl groups is 2. The van der Waals surface area contributed by atoms with E-state index in [9.17, 15) is 39.6 Å². The highest BCUT2D eigenvalue weighted by atomic mass is 32.2. The number of carbonyl (C=O) groups excluding carboxylic acids is 2. The van der Waals surface area contributed by atoms with Gasteiger partial charge in [0.2, 0.25) is 24.1 Å². The second-order valence-corrected chi connectivity index (χ2v) is 12.3. The number of phenols is 2. The summed E-state index contributed by atoms with van der Waals surface area (Å²) < 4.78 is 1.62. The molecule has 0 aliphatic carbocycles. The molecule has 2 aromatic heterocycles. The highest BCUT2D eigenvalue weighted by Gasteiger charge is 2.54. The van der Waals surface area contributed by atoms with Crippen LogP contribution in [0.25, 0.3) is 0 Å². The number of carbonyl (C=O) groups is 4. The molecule has 0 radical (unpaired) electrons. The van der Waals surface area contributed by atoms with Gasteiger partial charge in [-0.25, -0.2) is 19.1 Å². The number of benzene rings is 1. The topological polar surface area (TPSA) is 294 Å². The largest absolute Gasteiger partial charge is 0.504 e. The maximum Gasteiger partial charge on any atom is 0.352 e. The molecule has 5 rings (SSSR count). The number of carboxylic acid groups (broad SMARTS) is 2. The number of fused-ring (bicyclic) bond motifs is 1. The first kappa shape index (κ1) is 33.5. The Morgan fingerprint density at radius 2 is 1.98 bits per heavy atom. The van der Waals surface area contributed by atoms with Crippen LogP contribution >= 0.6 is 23.1 Å². The summed E-state index contributed by atoms with van der Waals surface area (Å²) >= 11 is 2.17. The van der Waals surface area contributed by atoms with Crippen molar-refractivity contribution in [1.82, 2.24) is 20.2 Å².